The van der Waals surface area contributed by atoms with E-state index in [4.69, 9.17) is 4.42 Å². The van der Waals surface area contributed by atoms with Gasteiger partial charge >= 0.3 is 0 Å². The highest BCUT2D eigenvalue weighted by atomic mass is 79.9. The van der Waals surface area contributed by atoms with Gasteiger partial charge in [-0.1, -0.05) is 6.07 Å². The quantitative estimate of drug-likeness (QED) is 0.931. The Bertz CT molecular complexity index is 424. The van der Waals surface area contributed by atoms with Gasteiger partial charge in [-0.25, -0.2) is 9.37 Å². The first-order chi connectivity index (χ1) is 7.27. The molecule has 5 heteroatoms. The third-order valence-corrected chi connectivity index (χ3v) is 2.55. The molecule has 1 aromatic heterocycles. The van der Waals surface area contributed by atoms with Crippen LogP contribution in [0.25, 0.3) is 0 Å². The second-order valence-electron chi connectivity index (χ2n) is 2.92. The van der Waals surface area contributed by atoms with Gasteiger partial charge in [0, 0.05) is 4.47 Å². The van der Waals surface area contributed by atoms with Gasteiger partial charge in [-0.2, -0.15) is 0 Å². The molecule has 78 valence electrons. The minimum Gasteiger partial charge on any atom is -0.447 e. The number of oxazole rings is 1. The average Bonchev–Trinajstić information content (AvgIpc) is 2.70. The molecule has 0 aliphatic carbocycles. The van der Waals surface area contributed by atoms with Gasteiger partial charge in [-0.15, -0.1) is 0 Å². The molecule has 0 aliphatic rings. The van der Waals surface area contributed by atoms with Crippen molar-refractivity contribution in [2.75, 3.05) is 5.32 Å². The van der Waals surface area contributed by atoms with Gasteiger partial charge in [0.05, 0.1) is 18.4 Å². The van der Waals surface area contributed by atoms with Crippen LogP contribution < -0.4 is 5.32 Å². The first-order valence-corrected chi connectivity index (χ1v) is 5.12. The topological polar surface area (TPSA) is 38.1 Å². The molecule has 0 amide bonds. The van der Waals surface area contributed by atoms with E-state index in [2.05, 4.69) is 26.2 Å². The number of nitrogens with zero attached hydrogens (tertiary/aromatic N) is 1. The molecule has 2 aromatic rings. The van der Waals surface area contributed by atoms with Crippen molar-refractivity contribution in [3.63, 3.8) is 0 Å². The molecular weight excluding hydrogens is 263 g/mol. The zero-order valence-corrected chi connectivity index (χ0v) is 9.29. The first-order valence-electron chi connectivity index (χ1n) is 4.32. The summed E-state index contributed by atoms with van der Waals surface area (Å²) < 4.78 is 19.0. The zero-order valence-electron chi connectivity index (χ0n) is 7.71. The minimum atomic E-state index is -0.302. The first kappa shape index (κ1) is 10.2. The second-order valence-corrected chi connectivity index (χ2v) is 3.77. The van der Waals surface area contributed by atoms with Gasteiger partial charge in [0.2, 0.25) is 0 Å². The van der Waals surface area contributed by atoms with Crippen LogP contribution in [0, 0.1) is 5.82 Å². The molecule has 2 rings (SSSR count). The van der Waals surface area contributed by atoms with E-state index in [1.165, 1.54) is 12.5 Å². The summed E-state index contributed by atoms with van der Waals surface area (Å²) in [5.41, 5.74) is 0.425. The molecule has 0 fully saturated rings. The van der Waals surface area contributed by atoms with Gasteiger partial charge in [-0.3, -0.25) is 0 Å². The van der Waals surface area contributed by atoms with Gasteiger partial charge in [-0.05, 0) is 28.1 Å². The molecule has 1 N–H and O–H groups in total. The fourth-order valence-corrected chi connectivity index (χ4v) is 1.65. The lowest BCUT2D eigenvalue weighted by molar-refractivity contribution is 0.511. The van der Waals surface area contributed by atoms with Gasteiger partial charge in [0.25, 0.3) is 0 Å². The predicted octanol–water partition coefficient (Wildman–Crippen LogP) is 3.19. The van der Waals surface area contributed by atoms with Crippen molar-refractivity contribution in [2.45, 2.75) is 6.54 Å². The second kappa shape index (κ2) is 4.44. The van der Waals surface area contributed by atoms with Crippen molar-refractivity contribution in [1.29, 1.82) is 0 Å². The van der Waals surface area contributed by atoms with Crippen LogP contribution in [0.5, 0.6) is 0 Å². The molecule has 0 radical (unpaired) electrons. The summed E-state index contributed by atoms with van der Waals surface area (Å²) >= 11 is 3.26. The molecule has 0 saturated carbocycles. The normalized spacial score (nSPS) is 10.3. The lowest BCUT2D eigenvalue weighted by Gasteiger charge is -2.07. The number of anilines is 1. The number of hydrogen-bond donors (Lipinski definition) is 1. The van der Waals surface area contributed by atoms with Crippen molar-refractivity contribution >= 4 is 21.6 Å². The van der Waals surface area contributed by atoms with Crippen LogP contribution in [0.2, 0.25) is 0 Å². The van der Waals surface area contributed by atoms with Crippen LogP contribution in [0.4, 0.5) is 10.1 Å². The number of aromatic nitrogens is 1. The van der Waals surface area contributed by atoms with Crippen LogP contribution in [0.15, 0.2) is 39.7 Å². The number of nitrogens with one attached hydrogen (secondary N) is 1. The average molecular weight is 271 g/mol. The smallest absolute Gasteiger partial charge is 0.180 e. The fraction of sp³-hybridized carbons (Fsp3) is 0.100. The summed E-state index contributed by atoms with van der Waals surface area (Å²) in [6.07, 6.45) is 2.93. The monoisotopic (exact) mass is 270 g/mol. The lowest BCUT2D eigenvalue weighted by atomic mass is 10.3. The van der Waals surface area contributed by atoms with E-state index in [1.807, 2.05) is 0 Å². The van der Waals surface area contributed by atoms with E-state index in [0.29, 0.717) is 22.5 Å². The number of benzene rings is 1. The number of hydrogen-bond acceptors (Lipinski definition) is 3. The highest BCUT2D eigenvalue weighted by Crippen LogP contribution is 2.25. The van der Waals surface area contributed by atoms with Crippen LogP contribution >= 0.6 is 15.9 Å². The maximum absolute atomic E-state index is 13.3. The third kappa shape index (κ3) is 2.36. The van der Waals surface area contributed by atoms with E-state index >= 15 is 0 Å². The zero-order chi connectivity index (χ0) is 10.7. The van der Waals surface area contributed by atoms with Crippen LogP contribution in [-0.4, -0.2) is 4.98 Å². The maximum atomic E-state index is 13.3. The van der Waals surface area contributed by atoms with E-state index in [1.54, 1.807) is 18.3 Å². The molecule has 1 heterocycles. The Labute approximate surface area is 94.5 Å². The molecule has 0 saturated heterocycles. The molecule has 3 nitrogen and oxygen atoms in total. The SMILES string of the molecule is Fc1cccc(Br)c1NCc1cnco1. The molecule has 0 unspecified atom stereocenters. The standard InChI is InChI=1S/C10H8BrFN2O/c11-8-2-1-3-9(12)10(8)14-5-7-4-13-6-15-7/h1-4,6,14H,5H2. The summed E-state index contributed by atoms with van der Waals surface area (Å²) in [6.45, 7) is 0.402. The van der Waals surface area contributed by atoms with Crippen LogP contribution in [0.1, 0.15) is 5.76 Å². The predicted molar refractivity (Wildman–Crippen MR) is 57.9 cm³/mol. The van der Waals surface area contributed by atoms with Crippen LogP contribution in [-0.2, 0) is 6.54 Å². The summed E-state index contributed by atoms with van der Waals surface area (Å²) in [6, 6.07) is 4.80. The Morgan fingerprint density at radius 3 is 3.00 bits per heavy atom. The Morgan fingerprint density at radius 1 is 1.47 bits per heavy atom. The molecule has 1 aromatic carbocycles. The summed E-state index contributed by atoms with van der Waals surface area (Å²) in [5, 5.41) is 2.93. The molecule has 0 bridgehead atoms. The Morgan fingerprint density at radius 2 is 2.33 bits per heavy atom. The number of halogens is 2. The van der Waals surface area contributed by atoms with Crippen molar-refractivity contribution in [1.82, 2.24) is 4.98 Å². The van der Waals surface area contributed by atoms with Crippen molar-refractivity contribution in [3.8, 4) is 0 Å². The molecule has 0 atom stereocenters. The van der Waals surface area contributed by atoms with E-state index in [9.17, 15) is 4.39 Å². The van der Waals surface area contributed by atoms with Gasteiger partial charge in [0.1, 0.15) is 11.6 Å². The Kier molecular flexibility index (Phi) is 3.01. The minimum absolute atomic E-state index is 0.302. The van der Waals surface area contributed by atoms with Crippen LogP contribution in [0.3, 0.4) is 0 Å². The molecule has 15 heavy (non-hydrogen) atoms. The van der Waals surface area contributed by atoms with E-state index in [0.717, 1.165) is 0 Å². The van der Waals surface area contributed by atoms with E-state index in [-0.39, 0.29) is 5.82 Å². The number of rotatable bonds is 3. The number of para-hydroxylation sites is 1. The van der Waals surface area contributed by atoms with Crippen molar-refractivity contribution < 1.29 is 8.81 Å². The van der Waals surface area contributed by atoms with Crippen molar-refractivity contribution in [3.05, 3.63) is 46.8 Å². The summed E-state index contributed by atoms with van der Waals surface area (Å²) in [5.74, 6) is 0.356. The Balaban J connectivity index is 2.11. The largest absolute Gasteiger partial charge is 0.447 e. The lowest BCUT2D eigenvalue weighted by Crippen LogP contribution is -2.01. The maximum Gasteiger partial charge on any atom is 0.180 e. The summed E-state index contributed by atoms with van der Waals surface area (Å²) in [7, 11) is 0. The van der Waals surface area contributed by atoms with Gasteiger partial charge in [0.15, 0.2) is 6.39 Å². The molecule has 0 spiro atoms. The third-order valence-electron chi connectivity index (χ3n) is 1.89. The highest BCUT2D eigenvalue weighted by molar-refractivity contribution is 9.10. The summed E-state index contributed by atoms with van der Waals surface area (Å²) in [4.78, 5) is 3.77. The van der Waals surface area contributed by atoms with Gasteiger partial charge < -0.3 is 9.73 Å². The van der Waals surface area contributed by atoms with E-state index < -0.39 is 0 Å². The molecule has 0 aliphatic heterocycles. The highest BCUT2D eigenvalue weighted by Gasteiger charge is 2.06. The Hall–Kier alpha value is -1.36. The fourth-order valence-electron chi connectivity index (χ4n) is 1.17. The van der Waals surface area contributed by atoms with Crippen molar-refractivity contribution in [2.24, 2.45) is 0 Å². The molecular formula is C10H8BrFN2O.